The summed E-state index contributed by atoms with van der Waals surface area (Å²) >= 11 is 1.45. The molecule has 5 nitrogen and oxygen atoms in total. The van der Waals surface area contributed by atoms with Crippen molar-refractivity contribution in [2.24, 2.45) is 0 Å². The Kier molecular flexibility index (Phi) is 4.58. The van der Waals surface area contributed by atoms with Crippen LogP contribution in [0.5, 0.6) is 0 Å². The van der Waals surface area contributed by atoms with Crippen molar-refractivity contribution in [1.29, 1.82) is 0 Å². The second-order valence-electron chi connectivity index (χ2n) is 5.84. The van der Waals surface area contributed by atoms with Crippen LogP contribution in [0.2, 0.25) is 0 Å². The first-order valence-electron chi connectivity index (χ1n) is 8.48. The molecule has 0 bridgehead atoms. The van der Waals surface area contributed by atoms with Crippen molar-refractivity contribution in [2.75, 3.05) is 11.1 Å². The summed E-state index contributed by atoms with van der Waals surface area (Å²) in [5, 5.41) is 4.83. The highest BCUT2D eigenvalue weighted by atomic mass is 32.2. The van der Waals surface area contributed by atoms with E-state index in [1.807, 2.05) is 48.5 Å². The van der Waals surface area contributed by atoms with Gasteiger partial charge in [0.25, 0.3) is 0 Å². The highest BCUT2D eigenvalue weighted by molar-refractivity contribution is 7.99. The van der Waals surface area contributed by atoms with E-state index in [9.17, 15) is 4.79 Å². The van der Waals surface area contributed by atoms with Gasteiger partial charge in [0, 0.05) is 18.1 Å². The topological polar surface area (TPSA) is 59.8 Å². The largest absolute Gasteiger partial charge is 0.323 e. The Morgan fingerprint density at radius 2 is 1.96 bits per heavy atom. The number of hydrogen-bond donors (Lipinski definition) is 1. The van der Waals surface area contributed by atoms with Crippen LogP contribution in [-0.2, 0) is 11.3 Å². The van der Waals surface area contributed by atoms with Crippen LogP contribution in [0.1, 0.15) is 6.92 Å². The van der Waals surface area contributed by atoms with Gasteiger partial charge in [-0.05, 0) is 31.2 Å². The van der Waals surface area contributed by atoms with E-state index in [4.69, 9.17) is 0 Å². The van der Waals surface area contributed by atoms with E-state index in [2.05, 4.69) is 32.8 Å². The zero-order chi connectivity index (χ0) is 17.9. The van der Waals surface area contributed by atoms with Crippen molar-refractivity contribution in [2.45, 2.75) is 18.6 Å². The molecule has 0 saturated carbocycles. The molecule has 0 aliphatic rings. The molecule has 0 aliphatic carbocycles. The van der Waals surface area contributed by atoms with E-state index in [0.717, 1.165) is 39.3 Å². The molecule has 26 heavy (non-hydrogen) atoms. The number of rotatable bonds is 5. The van der Waals surface area contributed by atoms with Crippen LogP contribution in [0.25, 0.3) is 21.9 Å². The number of aryl methyl sites for hydroxylation is 1. The molecule has 4 aromatic rings. The number of imidazole rings is 1. The molecule has 0 aliphatic heterocycles. The van der Waals surface area contributed by atoms with Crippen LogP contribution in [0.3, 0.4) is 0 Å². The molecule has 1 amide bonds. The summed E-state index contributed by atoms with van der Waals surface area (Å²) in [5.74, 6) is 0.231. The number of amides is 1. The maximum atomic E-state index is 12.4. The Hall–Kier alpha value is -2.86. The van der Waals surface area contributed by atoms with Gasteiger partial charge in [0.2, 0.25) is 5.91 Å². The minimum atomic E-state index is -0.0668. The maximum absolute atomic E-state index is 12.4. The molecule has 0 unspecified atom stereocenters. The molecule has 2 aromatic carbocycles. The Morgan fingerprint density at radius 3 is 2.85 bits per heavy atom. The van der Waals surface area contributed by atoms with Crippen LogP contribution < -0.4 is 5.32 Å². The smallest absolute Gasteiger partial charge is 0.234 e. The monoisotopic (exact) mass is 362 g/mol. The van der Waals surface area contributed by atoms with Crippen molar-refractivity contribution in [3.05, 3.63) is 60.8 Å². The van der Waals surface area contributed by atoms with Crippen molar-refractivity contribution < 1.29 is 4.79 Å². The number of fused-ring (bicyclic) bond motifs is 2. The van der Waals surface area contributed by atoms with Crippen molar-refractivity contribution in [1.82, 2.24) is 14.5 Å². The number of para-hydroxylation sites is 3. The molecule has 6 heteroatoms. The van der Waals surface area contributed by atoms with Crippen LogP contribution in [-0.4, -0.2) is 26.2 Å². The van der Waals surface area contributed by atoms with E-state index in [0.29, 0.717) is 5.75 Å². The molecule has 0 saturated heterocycles. The van der Waals surface area contributed by atoms with Crippen molar-refractivity contribution in [3.63, 3.8) is 0 Å². The summed E-state index contributed by atoms with van der Waals surface area (Å²) in [6, 6.07) is 17.7. The number of hydrogen-bond acceptors (Lipinski definition) is 4. The van der Waals surface area contributed by atoms with E-state index >= 15 is 0 Å². The number of benzene rings is 2. The summed E-state index contributed by atoms with van der Waals surface area (Å²) in [7, 11) is 0. The number of pyridine rings is 1. The average Bonchev–Trinajstić information content (AvgIpc) is 3.04. The molecule has 0 fully saturated rings. The summed E-state index contributed by atoms with van der Waals surface area (Å²) in [5.41, 5.74) is 3.58. The maximum Gasteiger partial charge on any atom is 0.234 e. The molecule has 130 valence electrons. The second kappa shape index (κ2) is 7.17. The van der Waals surface area contributed by atoms with Gasteiger partial charge in [0.05, 0.1) is 28.0 Å². The third-order valence-electron chi connectivity index (χ3n) is 4.17. The molecule has 0 radical (unpaired) electrons. The van der Waals surface area contributed by atoms with Gasteiger partial charge < -0.3 is 9.88 Å². The normalized spacial score (nSPS) is 11.1. The highest BCUT2D eigenvalue weighted by Gasteiger charge is 2.12. The molecular formula is C20H18N4OS. The fourth-order valence-corrected chi connectivity index (χ4v) is 3.87. The molecule has 0 atom stereocenters. The number of aromatic nitrogens is 3. The Bertz CT molecular complexity index is 1080. The van der Waals surface area contributed by atoms with E-state index in [1.165, 1.54) is 11.8 Å². The van der Waals surface area contributed by atoms with Gasteiger partial charge in [-0.25, -0.2) is 4.98 Å². The quantitative estimate of drug-likeness (QED) is 0.537. The van der Waals surface area contributed by atoms with Gasteiger partial charge in [-0.15, -0.1) is 0 Å². The summed E-state index contributed by atoms with van der Waals surface area (Å²) in [6.45, 7) is 2.90. The number of nitrogens with zero attached hydrogens (tertiary/aromatic N) is 3. The number of anilines is 1. The minimum Gasteiger partial charge on any atom is -0.323 e. The molecule has 4 rings (SSSR count). The van der Waals surface area contributed by atoms with Gasteiger partial charge >= 0.3 is 0 Å². The lowest BCUT2D eigenvalue weighted by Crippen LogP contribution is -2.15. The molecule has 2 heterocycles. The first-order valence-corrected chi connectivity index (χ1v) is 9.46. The third kappa shape index (κ3) is 3.15. The third-order valence-corrected chi connectivity index (χ3v) is 5.15. The molecular weight excluding hydrogens is 344 g/mol. The lowest BCUT2D eigenvalue weighted by atomic mass is 10.2. The van der Waals surface area contributed by atoms with Crippen molar-refractivity contribution >= 4 is 45.3 Å². The van der Waals surface area contributed by atoms with Crippen LogP contribution in [0.4, 0.5) is 5.69 Å². The Labute approximate surface area is 155 Å². The summed E-state index contributed by atoms with van der Waals surface area (Å²) in [6.07, 6.45) is 1.73. The number of carbonyl (C=O) groups is 1. The first kappa shape index (κ1) is 16.6. The molecule has 0 spiro atoms. The first-order chi connectivity index (χ1) is 12.8. The number of nitrogens with one attached hydrogen (secondary N) is 1. The lowest BCUT2D eigenvalue weighted by Gasteiger charge is -2.08. The Balaban J connectivity index is 1.51. The predicted octanol–water partition coefficient (Wildman–Crippen LogP) is 4.34. The highest BCUT2D eigenvalue weighted by Crippen LogP contribution is 2.25. The fraction of sp³-hybridized carbons (Fsp3) is 0.150. The van der Waals surface area contributed by atoms with E-state index < -0.39 is 0 Å². The summed E-state index contributed by atoms with van der Waals surface area (Å²) < 4.78 is 2.13. The Morgan fingerprint density at radius 1 is 1.12 bits per heavy atom. The standard InChI is InChI=1S/C20H18N4OS/c1-2-24-17-11-4-3-9-15(17)23-20(24)26-13-18(25)22-16-10-5-7-14-8-6-12-21-19(14)16/h3-12H,2,13H2,1H3,(H,22,25). The number of thioether (sulfide) groups is 1. The zero-order valence-corrected chi connectivity index (χ0v) is 15.2. The SMILES string of the molecule is CCn1c(SCC(=O)Nc2cccc3cccnc23)nc2ccccc21. The molecule has 2 aromatic heterocycles. The lowest BCUT2D eigenvalue weighted by molar-refractivity contribution is -0.113. The minimum absolute atomic E-state index is 0.0668. The summed E-state index contributed by atoms with van der Waals surface area (Å²) in [4.78, 5) is 21.5. The van der Waals surface area contributed by atoms with E-state index in [-0.39, 0.29) is 5.91 Å². The zero-order valence-electron chi connectivity index (χ0n) is 14.3. The van der Waals surface area contributed by atoms with Crippen LogP contribution in [0, 0.1) is 0 Å². The second-order valence-corrected chi connectivity index (χ2v) is 6.79. The van der Waals surface area contributed by atoms with Gasteiger partial charge in [0.1, 0.15) is 0 Å². The predicted molar refractivity (Wildman–Crippen MR) is 107 cm³/mol. The number of carbonyl (C=O) groups excluding carboxylic acids is 1. The van der Waals surface area contributed by atoms with Gasteiger partial charge in [-0.3, -0.25) is 9.78 Å². The van der Waals surface area contributed by atoms with Crippen LogP contribution in [0.15, 0.2) is 66.0 Å². The van der Waals surface area contributed by atoms with Gasteiger partial charge in [0.15, 0.2) is 5.16 Å². The van der Waals surface area contributed by atoms with Crippen molar-refractivity contribution in [3.8, 4) is 0 Å². The van der Waals surface area contributed by atoms with Gasteiger partial charge in [-0.1, -0.05) is 42.1 Å². The van der Waals surface area contributed by atoms with E-state index in [1.54, 1.807) is 6.20 Å². The molecule has 1 N–H and O–H groups in total. The van der Waals surface area contributed by atoms with Gasteiger partial charge in [-0.2, -0.15) is 0 Å². The van der Waals surface area contributed by atoms with Crippen LogP contribution >= 0.6 is 11.8 Å². The fourth-order valence-electron chi connectivity index (χ4n) is 2.99. The average molecular weight is 362 g/mol.